The molecule has 2 rings (SSSR count). The van der Waals surface area contributed by atoms with Gasteiger partial charge < -0.3 is 10.6 Å². The predicted molar refractivity (Wildman–Crippen MR) is 50.1 cm³/mol. The molecule has 1 saturated carbocycles. The highest BCUT2D eigenvalue weighted by molar-refractivity contribution is 5.78. The molecule has 3 heteroatoms. The Morgan fingerprint density at radius 1 is 1.17 bits per heavy atom. The van der Waals surface area contributed by atoms with Gasteiger partial charge in [-0.2, -0.15) is 0 Å². The van der Waals surface area contributed by atoms with Crippen molar-refractivity contribution in [2.75, 3.05) is 13.1 Å². The van der Waals surface area contributed by atoms with E-state index in [1.807, 2.05) is 0 Å². The fourth-order valence-corrected chi connectivity index (χ4v) is 1.85. The molecular weight excluding hydrogens is 150 g/mol. The molecule has 0 amide bonds. The first-order valence-corrected chi connectivity index (χ1v) is 4.94. The lowest BCUT2D eigenvalue weighted by atomic mass is 10.2. The van der Waals surface area contributed by atoms with Gasteiger partial charge in [0.25, 0.3) is 0 Å². The number of hydrogen-bond donors (Lipinski definition) is 1. The molecule has 2 fully saturated rings. The van der Waals surface area contributed by atoms with Crippen molar-refractivity contribution in [2.24, 2.45) is 10.7 Å². The lowest BCUT2D eigenvalue weighted by Crippen LogP contribution is -2.46. The van der Waals surface area contributed by atoms with Crippen LogP contribution in [0.3, 0.4) is 0 Å². The summed E-state index contributed by atoms with van der Waals surface area (Å²) in [7, 11) is 0. The number of likely N-dealkylation sites (tertiary alicyclic amines) is 1. The van der Waals surface area contributed by atoms with Crippen molar-refractivity contribution in [1.29, 1.82) is 0 Å². The van der Waals surface area contributed by atoms with Crippen molar-refractivity contribution in [3.8, 4) is 0 Å². The van der Waals surface area contributed by atoms with Crippen molar-refractivity contribution in [1.82, 2.24) is 4.90 Å². The second-order valence-electron chi connectivity index (χ2n) is 3.77. The molecule has 0 aromatic carbocycles. The molecule has 1 saturated heterocycles. The van der Waals surface area contributed by atoms with E-state index in [0.29, 0.717) is 6.04 Å². The second kappa shape index (κ2) is 3.33. The Morgan fingerprint density at radius 2 is 1.83 bits per heavy atom. The molecule has 0 radical (unpaired) electrons. The van der Waals surface area contributed by atoms with Crippen LogP contribution < -0.4 is 5.73 Å². The van der Waals surface area contributed by atoms with E-state index in [-0.39, 0.29) is 0 Å². The summed E-state index contributed by atoms with van der Waals surface area (Å²) in [5, 5.41) is 0. The Kier molecular flexibility index (Phi) is 2.19. The van der Waals surface area contributed by atoms with E-state index >= 15 is 0 Å². The molecule has 1 aliphatic heterocycles. The van der Waals surface area contributed by atoms with E-state index in [1.165, 1.54) is 32.1 Å². The van der Waals surface area contributed by atoms with E-state index in [2.05, 4.69) is 9.89 Å². The molecule has 3 nitrogen and oxygen atoms in total. The summed E-state index contributed by atoms with van der Waals surface area (Å²) in [6.07, 6.45) is 6.44. The molecule has 0 aromatic heterocycles. The molecule has 2 aliphatic rings. The van der Waals surface area contributed by atoms with Gasteiger partial charge in [0.1, 0.15) is 0 Å². The first-order chi connectivity index (χ1) is 5.86. The van der Waals surface area contributed by atoms with Crippen LogP contribution in [0.5, 0.6) is 0 Å². The summed E-state index contributed by atoms with van der Waals surface area (Å²) in [5.41, 5.74) is 5.83. The smallest absolute Gasteiger partial charge is 0.191 e. The van der Waals surface area contributed by atoms with Crippen molar-refractivity contribution >= 4 is 5.96 Å². The lowest BCUT2D eigenvalue weighted by Gasteiger charge is -2.32. The molecule has 0 atom stereocenters. The molecule has 12 heavy (non-hydrogen) atoms. The summed E-state index contributed by atoms with van der Waals surface area (Å²) < 4.78 is 0. The number of aliphatic imine (C=N–C) groups is 1. The van der Waals surface area contributed by atoms with Crippen LogP contribution in [0.25, 0.3) is 0 Å². The average molecular weight is 167 g/mol. The molecule has 1 heterocycles. The predicted octanol–water partition coefficient (Wildman–Crippen LogP) is 0.949. The highest BCUT2D eigenvalue weighted by Crippen LogP contribution is 2.21. The zero-order chi connectivity index (χ0) is 8.39. The summed E-state index contributed by atoms with van der Waals surface area (Å²) in [5.74, 6) is 0.785. The molecule has 1 aliphatic carbocycles. The summed E-state index contributed by atoms with van der Waals surface area (Å²) in [6, 6.07) is 0.533. The monoisotopic (exact) mass is 167 g/mol. The lowest BCUT2D eigenvalue weighted by molar-refractivity contribution is 0.294. The molecule has 0 bridgehead atoms. The molecule has 0 unspecified atom stereocenters. The molecule has 0 spiro atoms. The van der Waals surface area contributed by atoms with Gasteiger partial charge in [0, 0.05) is 13.1 Å². The van der Waals surface area contributed by atoms with Gasteiger partial charge in [-0.1, -0.05) is 12.8 Å². The average Bonchev–Trinajstić information content (AvgIpc) is 2.34. The van der Waals surface area contributed by atoms with Crippen LogP contribution in [0.1, 0.15) is 32.1 Å². The van der Waals surface area contributed by atoms with E-state index in [9.17, 15) is 0 Å². The fourth-order valence-electron chi connectivity index (χ4n) is 1.85. The minimum Gasteiger partial charge on any atom is -0.370 e. The van der Waals surface area contributed by atoms with E-state index in [4.69, 9.17) is 5.73 Å². The van der Waals surface area contributed by atoms with Gasteiger partial charge in [0.05, 0.1) is 6.04 Å². The van der Waals surface area contributed by atoms with Crippen LogP contribution in [0.2, 0.25) is 0 Å². The van der Waals surface area contributed by atoms with Crippen molar-refractivity contribution in [3.63, 3.8) is 0 Å². The second-order valence-corrected chi connectivity index (χ2v) is 3.77. The van der Waals surface area contributed by atoms with Crippen LogP contribution in [-0.4, -0.2) is 30.0 Å². The van der Waals surface area contributed by atoms with E-state index in [1.54, 1.807) is 0 Å². The zero-order valence-electron chi connectivity index (χ0n) is 7.50. The van der Waals surface area contributed by atoms with Gasteiger partial charge >= 0.3 is 0 Å². The van der Waals surface area contributed by atoms with Crippen LogP contribution in [-0.2, 0) is 0 Å². The maximum absolute atomic E-state index is 5.83. The van der Waals surface area contributed by atoms with Gasteiger partial charge in [-0.3, -0.25) is 0 Å². The maximum atomic E-state index is 5.83. The largest absolute Gasteiger partial charge is 0.370 e. The number of guanidine groups is 1. The number of rotatable bonds is 1. The van der Waals surface area contributed by atoms with Crippen LogP contribution >= 0.6 is 0 Å². The van der Waals surface area contributed by atoms with Gasteiger partial charge in [0.2, 0.25) is 0 Å². The third-order valence-electron chi connectivity index (χ3n) is 2.82. The number of hydrogen-bond acceptors (Lipinski definition) is 1. The standard InChI is InChI=1S/C9H17N3/c10-9(12-6-3-7-12)11-8-4-1-2-5-8/h8H,1-7H2,(H2,10,11). The molecule has 0 aromatic rings. The van der Waals surface area contributed by atoms with E-state index in [0.717, 1.165) is 19.0 Å². The van der Waals surface area contributed by atoms with Crippen molar-refractivity contribution in [2.45, 2.75) is 38.1 Å². The highest BCUT2D eigenvalue weighted by Gasteiger charge is 2.19. The number of nitrogens with two attached hydrogens (primary N) is 1. The Labute approximate surface area is 73.6 Å². The topological polar surface area (TPSA) is 41.6 Å². The minimum atomic E-state index is 0.533. The Balaban J connectivity index is 1.87. The third-order valence-corrected chi connectivity index (χ3v) is 2.82. The molecular formula is C9H17N3. The quantitative estimate of drug-likeness (QED) is 0.466. The van der Waals surface area contributed by atoms with Gasteiger partial charge in [-0.05, 0) is 19.3 Å². The van der Waals surface area contributed by atoms with Crippen molar-refractivity contribution < 1.29 is 0 Å². The van der Waals surface area contributed by atoms with Gasteiger partial charge in [-0.15, -0.1) is 0 Å². The maximum Gasteiger partial charge on any atom is 0.191 e. The van der Waals surface area contributed by atoms with Gasteiger partial charge in [0.15, 0.2) is 5.96 Å². The SMILES string of the molecule is NC(=NC1CCCC1)N1CCC1. The van der Waals surface area contributed by atoms with Crippen LogP contribution in [0.15, 0.2) is 4.99 Å². The third kappa shape index (κ3) is 1.54. The Hall–Kier alpha value is -0.730. The van der Waals surface area contributed by atoms with Crippen LogP contribution in [0, 0.1) is 0 Å². The minimum absolute atomic E-state index is 0.533. The summed E-state index contributed by atoms with van der Waals surface area (Å²) in [4.78, 5) is 6.68. The summed E-state index contributed by atoms with van der Waals surface area (Å²) in [6.45, 7) is 2.23. The van der Waals surface area contributed by atoms with Gasteiger partial charge in [-0.25, -0.2) is 4.99 Å². The summed E-state index contributed by atoms with van der Waals surface area (Å²) >= 11 is 0. The van der Waals surface area contributed by atoms with E-state index < -0.39 is 0 Å². The zero-order valence-corrected chi connectivity index (χ0v) is 7.50. The molecule has 68 valence electrons. The Morgan fingerprint density at radius 3 is 2.33 bits per heavy atom. The Bertz CT molecular complexity index is 178. The first kappa shape index (κ1) is 7.90. The molecule has 2 N–H and O–H groups in total. The first-order valence-electron chi connectivity index (χ1n) is 4.94. The highest BCUT2D eigenvalue weighted by atomic mass is 15.3. The van der Waals surface area contributed by atoms with Crippen molar-refractivity contribution in [3.05, 3.63) is 0 Å². The fraction of sp³-hybridized carbons (Fsp3) is 0.889. The number of nitrogens with zero attached hydrogens (tertiary/aromatic N) is 2. The van der Waals surface area contributed by atoms with Crippen LogP contribution in [0.4, 0.5) is 0 Å². The normalized spacial score (nSPS) is 26.0.